The zero-order valence-electron chi connectivity index (χ0n) is 16.9. The van der Waals surface area contributed by atoms with Crippen LogP contribution in [0, 0.1) is 0 Å². The molecule has 0 aromatic carbocycles. The number of hydrogen-bond donors (Lipinski definition) is 2. The van der Waals surface area contributed by atoms with E-state index in [-0.39, 0.29) is 21.6 Å². The van der Waals surface area contributed by atoms with Gasteiger partial charge in [-0.3, -0.25) is 4.79 Å². The van der Waals surface area contributed by atoms with Gasteiger partial charge in [0.2, 0.25) is 0 Å². The number of pyridine rings is 1. The van der Waals surface area contributed by atoms with Crippen molar-refractivity contribution >= 4 is 39.4 Å². The van der Waals surface area contributed by atoms with E-state index in [4.69, 9.17) is 4.74 Å². The van der Waals surface area contributed by atoms with Gasteiger partial charge in [0.05, 0.1) is 27.4 Å². The lowest BCUT2D eigenvalue weighted by atomic mass is 10.1. The van der Waals surface area contributed by atoms with Gasteiger partial charge in [-0.2, -0.15) is 13.2 Å². The van der Waals surface area contributed by atoms with Crippen LogP contribution in [0.15, 0.2) is 11.4 Å². The molecule has 0 spiro atoms. The molecule has 0 aliphatic carbocycles. The maximum absolute atomic E-state index is 13.7. The number of rotatable bonds is 5. The molecule has 2 amide bonds. The highest BCUT2D eigenvalue weighted by molar-refractivity contribution is 7.17. The molecule has 0 radical (unpaired) electrons. The van der Waals surface area contributed by atoms with Crippen molar-refractivity contribution in [2.45, 2.75) is 38.1 Å². The number of thiophene rings is 1. The molecule has 1 saturated heterocycles. The predicted molar refractivity (Wildman–Crippen MR) is 108 cm³/mol. The molecule has 2 aromatic rings. The van der Waals surface area contributed by atoms with Crippen molar-refractivity contribution in [1.82, 2.24) is 15.6 Å². The molecule has 1 unspecified atom stereocenters. The molecule has 170 valence electrons. The fourth-order valence-corrected chi connectivity index (χ4v) is 4.31. The van der Waals surface area contributed by atoms with Gasteiger partial charge in [0.15, 0.2) is 0 Å². The van der Waals surface area contributed by atoms with E-state index < -0.39 is 42.6 Å². The fourth-order valence-electron chi connectivity index (χ4n) is 3.29. The molecule has 2 aromatic heterocycles. The van der Waals surface area contributed by atoms with Crippen LogP contribution in [0.1, 0.15) is 35.7 Å². The zero-order chi connectivity index (χ0) is 22.8. The molecular formula is C19H22F4N4O3S. The van der Waals surface area contributed by atoms with Gasteiger partial charge in [-0.05, 0) is 13.0 Å². The Labute approximate surface area is 179 Å². The summed E-state index contributed by atoms with van der Waals surface area (Å²) >= 11 is 0.827. The molecule has 3 rings (SSSR count). The SMILES string of the molecule is CNC(=O)c1csc2c(C(F)(F)F)cc(N3CCC(OC(=O)NC(C)CF)CC3)nc12. The van der Waals surface area contributed by atoms with Crippen LogP contribution in [0.4, 0.5) is 28.2 Å². The van der Waals surface area contributed by atoms with E-state index in [9.17, 15) is 27.2 Å². The molecule has 0 bridgehead atoms. The minimum absolute atomic E-state index is 0.00661. The third-order valence-electron chi connectivity index (χ3n) is 4.92. The van der Waals surface area contributed by atoms with Gasteiger partial charge < -0.3 is 20.3 Å². The van der Waals surface area contributed by atoms with Crippen LogP contribution in [0.2, 0.25) is 0 Å². The topological polar surface area (TPSA) is 83.6 Å². The standard InChI is InChI=1S/C19H22F4N4O3S/c1-10(8-20)25-18(29)30-11-3-5-27(6-4-11)14-7-13(19(21,22)23)16-15(26-14)12(9-31-16)17(28)24-2/h7,9-11H,3-6,8H2,1-2H3,(H,24,28)(H,25,29). The Kier molecular flexibility index (Phi) is 6.87. The van der Waals surface area contributed by atoms with E-state index in [0.717, 1.165) is 17.4 Å². The smallest absolute Gasteiger partial charge is 0.417 e. The van der Waals surface area contributed by atoms with Gasteiger partial charge in [0, 0.05) is 38.4 Å². The Morgan fingerprint density at radius 3 is 2.61 bits per heavy atom. The number of alkyl halides is 4. The summed E-state index contributed by atoms with van der Waals surface area (Å²) in [5, 5.41) is 6.14. The lowest BCUT2D eigenvalue weighted by Crippen LogP contribution is -2.42. The van der Waals surface area contributed by atoms with Gasteiger partial charge in [0.25, 0.3) is 5.91 Å². The molecule has 7 nitrogen and oxygen atoms in total. The van der Waals surface area contributed by atoms with Crippen molar-refractivity contribution in [3.8, 4) is 0 Å². The quantitative estimate of drug-likeness (QED) is 0.662. The number of nitrogens with zero attached hydrogens (tertiary/aromatic N) is 2. The molecule has 1 atom stereocenters. The molecule has 0 saturated carbocycles. The van der Waals surface area contributed by atoms with Gasteiger partial charge in [-0.1, -0.05) is 0 Å². The third-order valence-corrected chi connectivity index (χ3v) is 5.92. The van der Waals surface area contributed by atoms with E-state index in [2.05, 4.69) is 15.6 Å². The second-order valence-corrected chi connectivity index (χ2v) is 8.10. The van der Waals surface area contributed by atoms with E-state index in [1.54, 1.807) is 4.90 Å². The molecule has 31 heavy (non-hydrogen) atoms. The van der Waals surface area contributed by atoms with Gasteiger partial charge in [-0.25, -0.2) is 14.2 Å². The highest BCUT2D eigenvalue weighted by Crippen LogP contribution is 2.40. The second kappa shape index (κ2) is 9.25. The average Bonchev–Trinajstić information content (AvgIpc) is 3.16. The van der Waals surface area contributed by atoms with Crippen molar-refractivity contribution < 1.29 is 31.9 Å². The number of piperidine rings is 1. The molecular weight excluding hydrogens is 440 g/mol. The lowest BCUT2D eigenvalue weighted by molar-refractivity contribution is -0.136. The van der Waals surface area contributed by atoms with Crippen molar-refractivity contribution in [2.75, 3.05) is 31.7 Å². The Morgan fingerprint density at radius 2 is 2.03 bits per heavy atom. The first-order valence-electron chi connectivity index (χ1n) is 9.63. The summed E-state index contributed by atoms with van der Waals surface area (Å²) in [4.78, 5) is 29.8. The Balaban J connectivity index is 1.80. The van der Waals surface area contributed by atoms with Crippen LogP contribution in [-0.2, 0) is 10.9 Å². The van der Waals surface area contributed by atoms with Gasteiger partial charge in [-0.15, -0.1) is 11.3 Å². The van der Waals surface area contributed by atoms with Crippen LogP contribution in [-0.4, -0.2) is 55.9 Å². The van der Waals surface area contributed by atoms with Crippen molar-refractivity contribution in [1.29, 1.82) is 0 Å². The van der Waals surface area contributed by atoms with Crippen molar-refractivity contribution in [3.05, 3.63) is 22.6 Å². The van der Waals surface area contributed by atoms with E-state index >= 15 is 0 Å². The molecule has 2 N–H and O–H groups in total. The number of hydrogen-bond acceptors (Lipinski definition) is 6. The number of fused-ring (bicyclic) bond motifs is 1. The molecule has 3 heterocycles. The second-order valence-electron chi connectivity index (χ2n) is 7.22. The number of carbonyl (C=O) groups is 2. The van der Waals surface area contributed by atoms with E-state index in [0.29, 0.717) is 25.9 Å². The zero-order valence-corrected chi connectivity index (χ0v) is 17.7. The first-order valence-corrected chi connectivity index (χ1v) is 10.5. The Morgan fingerprint density at radius 1 is 1.35 bits per heavy atom. The van der Waals surface area contributed by atoms with Crippen LogP contribution in [0.3, 0.4) is 0 Å². The van der Waals surface area contributed by atoms with Crippen LogP contribution >= 0.6 is 11.3 Å². The van der Waals surface area contributed by atoms with Gasteiger partial charge >= 0.3 is 12.3 Å². The first-order chi connectivity index (χ1) is 14.6. The minimum Gasteiger partial charge on any atom is -0.446 e. The van der Waals surface area contributed by atoms with Crippen molar-refractivity contribution in [3.63, 3.8) is 0 Å². The number of carbonyl (C=O) groups excluding carboxylic acids is 2. The van der Waals surface area contributed by atoms with E-state index in [1.165, 1.54) is 19.4 Å². The Bertz CT molecular complexity index is 958. The third kappa shape index (κ3) is 5.17. The highest BCUT2D eigenvalue weighted by atomic mass is 32.1. The van der Waals surface area contributed by atoms with Crippen molar-refractivity contribution in [2.24, 2.45) is 0 Å². The first kappa shape index (κ1) is 23.0. The van der Waals surface area contributed by atoms with Crippen LogP contribution in [0.25, 0.3) is 10.2 Å². The maximum atomic E-state index is 13.7. The number of amides is 2. The number of anilines is 1. The van der Waals surface area contributed by atoms with Crippen LogP contribution in [0.5, 0.6) is 0 Å². The summed E-state index contributed by atoms with van der Waals surface area (Å²) in [6.07, 6.45) is -5.00. The highest BCUT2D eigenvalue weighted by Gasteiger charge is 2.36. The summed E-state index contributed by atoms with van der Waals surface area (Å²) < 4.78 is 58.6. The van der Waals surface area contributed by atoms with Gasteiger partial charge in [0.1, 0.15) is 18.6 Å². The summed E-state index contributed by atoms with van der Waals surface area (Å²) in [6.45, 7) is 1.41. The summed E-state index contributed by atoms with van der Waals surface area (Å²) in [7, 11) is 1.40. The molecule has 1 fully saturated rings. The maximum Gasteiger partial charge on any atom is 0.417 e. The fraction of sp³-hybridized carbons (Fsp3) is 0.526. The molecule has 1 aliphatic rings. The minimum atomic E-state index is -4.60. The lowest BCUT2D eigenvalue weighted by Gasteiger charge is -2.33. The largest absolute Gasteiger partial charge is 0.446 e. The number of nitrogens with one attached hydrogen (secondary N) is 2. The normalized spacial score (nSPS) is 16.3. The molecule has 1 aliphatic heterocycles. The number of alkyl carbamates (subject to hydrolysis) is 1. The predicted octanol–water partition coefficient (Wildman–Crippen LogP) is 3.73. The van der Waals surface area contributed by atoms with Crippen LogP contribution < -0.4 is 15.5 Å². The summed E-state index contributed by atoms with van der Waals surface area (Å²) in [5.74, 6) is -0.401. The Hall–Kier alpha value is -2.63. The number of halogens is 4. The number of ether oxygens (including phenoxy) is 1. The summed E-state index contributed by atoms with van der Waals surface area (Å²) in [6, 6.07) is 0.327. The monoisotopic (exact) mass is 462 g/mol. The number of aromatic nitrogens is 1. The molecule has 12 heteroatoms. The van der Waals surface area contributed by atoms with E-state index in [1.807, 2.05) is 0 Å². The summed E-state index contributed by atoms with van der Waals surface area (Å²) in [5.41, 5.74) is -0.746. The average molecular weight is 462 g/mol.